The summed E-state index contributed by atoms with van der Waals surface area (Å²) in [6, 6.07) is 12.8. The highest BCUT2D eigenvalue weighted by atomic mass is 35.5. The molecule has 4 heteroatoms. The van der Waals surface area contributed by atoms with Gasteiger partial charge in [-0.15, -0.1) is 0 Å². The zero-order chi connectivity index (χ0) is 15.4. The first-order chi connectivity index (χ1) is 10.0. The third-order valence-corrected chi connectivity index (χ3v) is 3.69. The minimum atomic E-state index is -0.929. The van der Waals surface area contributed by atoms with E-state index in [1.165, 1.54) is 19.1 Å². The number of rotatable bonds is 5. The molecule has 0 aromatic heterocycles. The van der Waals surface area contributed by atoms with Crippen LogP contribution in [0, 0.1) is 11.7 Å². The second-order valence-corrected chi connectivity index (χ2v) is 5.21. The van der Waals surface area contributed by atoms with Crippen molar-refractivity contribution in [3.63, 3.8) is 0 Å². The lowest BCUT2D eigenvalue weighted by atomic mass is 9.88. The predicted octanol–water partition coefficient (Wildman–Crippen LogP) is 4.11. The van der Waals surface area contributed by atoms with Crippen molar-refractivity contribution in [2.45, 2.75) is 13.3 Å². The van der Waals surface area contributed by atoms with Crippen molar-refractivity contribution < 1.29 is 14.0 Å². The Labute approximate surface area is 127 Å². The predicted molar refractivity (Wildman–Crippen MR) is 80.1 cm³/mol. The molecule has 2 aromatic carbocycles. The Bertz CT molecular complexity index is 647. The zero-order valence-corrected chi connectivity index (χ0v) is 12.2. The lowest BCUT2D eigenvalue weighted by Crippen LogP contribution is -2.25. The van der Waals surface area contributed by atoms with Crippen LogP contribution in [0.2, 0.25) is 5.02 Å². The van der Waals surface area contributed by atoms with Crippen molar-refractivity contribution in [3.05, 3.63) is 70.5 Å². The van der Waals surface area contributed by atoms with Crippen LogP contribution in [-0.4, -0.2) is 11.6 Å². The summed E-state index contributed by atoms with van der Waals surface area (Å²) in [4.78, 5) is 24.2. The molecule has 0 saturated carbocycles. The normalized spacial score (nSPS) is 12.0. The Morgan fingerprint density at radius 1 is 1.10 bits per heavy atom. The highest BCUT2D eigenvalue weighted by Crippen LogP contribution is 2.24. The molecule has 0 aliphatic rings. The highest BCUT2D eigenvalue weighted by molar-refractivity contribution is 6.31. The van der Waals surface area contributed by atoms with Crippen LogP contribution in [0.15, 0.2) is 48.5 Å². The average Bonchev–Trinajstić information content (AvgIpc) is 2.47. The Kier molecular flexibility index (Phi) is 4.86. The lowest BCUT2D eigenvalue weighted by molar-refractivity contribution is -0.119. The minimum absolute atomic E-state index is 0.0332. The van der Waals surface area contributed by atoms with Gasteiger partial charge < -0.3 is 0 Å². The average molecular weight is 305 g/mol. The fourth-order valence-electron chi connectivity index (χ4n) is 2.16. The van der Waals surface area contributed by atoms with Crippen LogP contribution < -0.4 is 0 Å². The van der Waals surface area contributed by atoms with E-state index in [1.807, 2.05) is 0 Å². The van der Waals surface area contributed by atoms with Gasteiger partial charge in [-0.05, 0) is 25.5 Å². The molecule has 0 heterocycles. The fraction of sp³-hybridized carbons (Fsp3) is 0.176. The second-order valence-electron chi connectivity index (χ2n) is 4.80. The number of halogens is 2. The molecule has 0 radical (unpaired) electrons. The molecule has 21 heavy (non-hydrogen) atoms. The summed E-state index contributed by atoms with van der Waals surface area (Å²) in [5.41, 5.74) is 0.633. The molecule has 0 amide bonds. The third kappa shape index (κ3) is 3.56. The van der Waals surface area contributed by atoms with E-state index in [9.17, 15) is 14.0 Å². The van der Waals surface area contributed by atoms with Gasteiger partial charge in [-0.1, -0.05) is 48.0 Å². The highest BCUT2D eigenvalue weighted by Gasteiger charge is 2.26. The van der Waals surface area contributed by atoms with E-state index in [-0.39, 0.29) is 28.6 Å². The molecule has 0 N–H and O–H groups in total. The Balaban J connectivity index is 2.33. The van der Waals surface area contributed by atoms with E-state index in [0.717, 1.165) is 0 Å². The van der Waals surface area contributed by atoms with Gasteiger partial charge in [-0.3, -0.25) is 9.59 Å². The first kappa shape index (κ1) is 15.4. The summed E-state index contributed by atoms with van der Waals surface area (Å²) in [6.07, 6.45) is -0.0332. The molecule has 2 nitrogen and oxygen atoms in total. The fourth-order valence-corrected chi connectivity index (χ4v) is 2.40. The molecule has 2 rings (SSSR count). The molecule has 0 aliphatic carbocycles. The van der Waals surface area contributed by atoms with E-state index >= 15 is 0 Å². The van der Waals surface area contributed by atoms with E-state index in [0.29, 0.717) is 5.56 Å². The Morgan fingerprint density at radius 3 is 2.33 bits per heavy atom. The molecular weight excluding hydrogens is 291 g/mol. The number of hydrogen-bond donors (Lipinski definition) is 0. The maximum Gasteiger partial charge on any atom is 0.173 e. The van der Waals surface area contributed by atoms with Crippen molar-refractivity contribution >= 4 is 23.2 Å². The molecule has 2 aromatic rings. The summed E-state index contributed by atoms with van der Waals surface area (Å²) in [7, 11) is 0. The first-order valence-electron chi connectivity index (χ1n) is 6.53. The molecule has 108 valence electrons. The van der Waals surface area contributed by atoms with Crippen molar-refractivity contribution in [2.75, 3.05) is 0 Å². The molecule has 0 aliphatic heterocycles. The lowest BCUT2D eigenvalue weighted by Gasteiger charge is -2.14. The maximum atomic E-state index is 13.8. The number of Topliss-reactive ketones (excluding diaryl/α,β-unsaturated/α-hetero) is 2. The smallest absolute Gasteiger partial charge is 0.173 e. The van der Waals surface area contributed by atoms with Crippen molar-refractivity contribution in [2.24, 2.45) is 5.92 Å². The van der Waals surface area contributed by atoms with Gasteiger partial charge in [0.25, 0.3) is 0 Å². The van der Waals surface area contributed by atoms with Gasteiger partial charge in [0.2, 0.25) is 0 Å². The topological polar surface area (TPSA) is 34.1 Å². The summed E-state index contributed by atoms with van der Waals surface area (Å²) < 4.78 is 13.8. The molecule has 1 unspecified atom stereocenters. The number of carbonyl (C=O) groups is 2. The third-order valence-electron chi connectivity index (χ3n) is 3.34. The molecular formula is C17H14ClFO2. The summed E-state index contributed by atoms with van der Waals surface area (Å²) in [6.45, 7) is 1.33. The van der Waals surface area contributed by atoms with E-state index in [1.54, 1.807) is 36.4 Å². The summed E-state index contributed by atoms with van der Waals surface area (Å²) in [5, 5.41) is 0.224. The van der Waals surface area contributed by atoms with Crippen LogP contribution >= 0.6 is 11.6 Å². The van der Waals surface area contributed by atoms with Gasteiger partial charge >= 0.3 is 0 Å². The van der Waals surface area contributed by atoms with Crippen LogP contribution in [0.5, 0.6) is 0 Å². The van der Waals surface area contributed by atoms with Gasteiger partial charge in [0, 0.05) is 16.1 Å². The molecule has 0 saturated heterocycles. The van der Waals surface area contributed by atoms with Crippen LogP contribution in [0.1, 0.15) is 22.8 Å². The monoisotopic (exact) mass is 304 g/mol. The number of hydrogen-bond acceptors (Lipinski definition) is 2. The van der Waals surface area contributed by atoms with Gasteiger partial charge in [0.1, 0.15) is 11.6 Å². The summed E-state index contributed by atoms with van der Waals surface area (Å²) in [5.74, 6) is -2.05. The van der Waals surface area contributed by atoms with E-state index in [4.69, 9.17) is 11.6 Å². The minimum Gasteiger partial charge on any atom is -0.299 e. The Morgan fingerprint density at radius 2 is 1.76 bits per heavy atom. The van der Waals surface area contributed by atoms with Crippen molar-refractivity contribution in [3.8, 4) is 0 Å². The first-order valence-corrected chi connectivity index (χ1v) is 6.91. The molecule has 0 bridgehead atoms. The zero-order valence-electron chi connectivity index (χ0n) is 11.5. The summed E-state index contributed by atoms with van der Waals surface area (Å²) >= 11 is 5.97. The molecule has 0 spiro atoms. The van der Waals surface area contributed by atoms with E-state index < -0.39 is 11.7 Å². The Hall–Kier alpha value is -2.00. The largest absolute Gasteiger partial charge is 0.299 e. The number of carbonyl (C=O) groups excluding carboxylic acids is 2. The number of ketones is 2. The van der Waals surface area contributed by atoms with Crippen LogP contribution in [0.4, 0.5) is 4.39 Å². The van der Waals surface area contributed by atoms with E-state index in [2.05, 4.69) is 0 Å². The molecule has 1 atom stereocenters. The SMILES string of the molecule is CC(=O)C(Cc1c(F)cccc1Cl)C(=O)c1ccccc1. The van der Waals surface area contributed by atoms with Crippen LogP contribution in [0.3, 0.4) is 0 Å². The van der Waals surface area contributed by atoms with Crippen molar-refractivity contribution in [1.29, 1.82) is 0 Å². The standard InChI is InChI=1S/C17H14ClFO2/c1-11(20)13(17(21)12-6-3-2-4-7-12)10-14-15(18)8-5-9-16(14)19/h2-9,13H,10H2,1H3. The van der Waals surface area contributed by atoms with Crippen LogP contribution in [0.25, 0.3) is 0 Å². The number of benzene rings is 2. The second kappa shape index (κ2) is 6.64. The maximum absolute atomic E-state index is 13.8. The van der Waals surface area contributed by atoms with Crippen molar-refractivity contribution in [1.82, 2.24) is 0 Å². The van der Waals surface area contributed by atoms with Gasteiger partial charge in [0.05, 0.1) is 5.92 Å². The van der Waals surface area contributed by atoms with Gasteiger partial charge in [0.15, 0.2) is 5.78 Å². The van der Waals surface area contributed by atoms with Crippen LogP contribution in [-0.2, 0) is 11.2 Å². The van der Waals surface area contributed by atoms with Gasteiger partial charge in [-0.2, -0.15) is 0 Å². The molecule has 0 fully saturated rings. The quantitative estimate of drug-likeness (QED) is 0.615. The van der Waals surface area contributed by atoms with Gasteiger partial charge in [-0.25, -0.2) is 4.39 Å².